The first-order valence-electron chi connectivity index (χ1n) is 8.98. The molecule has 0 unspecified atom stereocenters. The van der Waals surface area contributed by atoms with E-state index in [1.54, 1.807) is 12.3 Å². The fourth-order valence-corrected chi connectivity index (χ4v) is 4.43. The Morgan fingerprint density at radius 1 is 1.30 bits per heavy atom. The van der Waals surface area contributed by atoms with Crippen LogP contribution >= 0.6 is 22.9 Å². The van der Waals surface area contributed by atoms with Crippen LogP contribution in [0.4, 0.5) is 0 Å². The summed E-state index contributed by atoms with van der Waals surface area (Å²) in [5.41, 5.74) is 0.655. The summed E-state index contributed by atoms with van der Waals surface area (Å²) < 4.78 is 0. The second-order valence-corrected chi connectivity index (χ2v) is 8.12. The number of aliphatic carboxylic acids is 1. The Bertz CT molecular complexity index is 856. The summed E-state index contributed by atoms with van der Waals surface area (Å²) in [6.07, 6.45) is 8.97. The van der Waals surface area contributed by atoms with Gasteiger partial charge in [0, 0.05) is 23.1 Å². The van der Waals surface area contributed by atoms with Crippen molar-refractivity contribution in [3.63, 3.8) is 0 Å². The highest BCUT2D eigenvalue weighted by molar-refractivity contribution is 7.16. The molecule has 1 fully saturated rings. The monoisotopic (exact) mass is 404 g/mol. The molecule has 7 heteroatoms. The van der Waals surface area contributed by atoms with Gasteiger partial charge in [0.25, 0.3) is 0 Å². The molecule has 1 amide bonds. The smallest absolute Gasteiger partial charge is 0.352 e. The molecule has 27 heavy (non-hydrogen) atoms. The maximum absolute atomic E-state index is 12.1. The molecule has 1 aromatic carbocycles. The van der Waals surface area contributed by atoms with Crippen LogP contribution in [-0.2, 0) is 9.59 Å². The highest BCUT2D eigenvalue weighted by Crippen LogP contribution is 2.32. The summed E-state index contributed by atoms with van der Waals surface area (Å²) in [6.45, 7) is 0. The summed E-state index contributed by atoms with van der Waals surface area (Å²) in [6, 6.07) is 7.34. The van der Waals surface area contributed by atoms with Gasteiger partial charge in [0.2, 0.25) is 5.91 Å². The minimum Gasteiger partial charge on any atom is -0.477 e. The van der Waals surface area contributed by atoms with Crippen molar-refractivity contribution in [3.8, 4) is 10.6 Å². The standard InChI is InChI=1S/C20H21ClN2O3S/c21-16-8-4-3-7-15(16)19-22-12-14(27-19)11-17(20(25)26)23-18(24)10-9-13-5-1-2-6-13/h3-4,7-8,11-13H,1-2,5-6,9-10H2,(H,23,24)(H,25,26). The summed E-state index contributed by atoms with van der Waals surface area (Å²) in [4.78, 5) is 28.6. The van der Waals surface area contributed by atoms with Gasteiger partial charge >= 0.3 is 5.97 Å². The van der Waals surface area contributed by atoms with Crippen molar-refractivity contribution in [2.24, 2.45) is 5.92 Å². The molecule has 0 aliphatic heterocycles. The molecule has 5 nitrogen and oxygen atoms in total. The Kier molecular flexibility index (Phi) is 6.63. The minimum atomic E-state index is -1.17. The van der Waals surface area contributed by atoms with Crippen molar-refractivity contribution in [1.82, 2.24) is 10.3 Å². The Labute approximate surface area is 167 Å². The average Bonchev–Trinajstić information content (AvgIpc) is 3.31. The number of hydrogen-bond acceptors (Lipinski definition) is 4. The van der Waals surface area contributed by atoms with Gasteiger partial charge in [-0.05, 0) is 24.5 Å². The third-order valence-corrected chi connectivity index (χ3v) is 5.98. The first-order chi connectivity index (χ1) is 13.0. The Morgan fingerprint density at radius 3 is 2.74 bits per heavy atom. The minimum absolute atomic E-state index is 0.138. The second kappa shape index (κ2) is 9.15. The number of rotatable bonds is 7. The van der Waals surface area contributed by atoms with Crippen molar-refractivity contribution >= 4 is 40.9 Å². The molecule has 1 aliphatic carbocycles. The van der Waals surface area contributed by atoms with E-state index in [1.165, 1.54) is 43.1 Å². The summed E-state index contributed by atoms with van der Waals surface area (Å²) in [5.74, 6) is -0.837. The maximum Gasteiger partial charge on any atom is 0.352 e. The second-order valence-electron chi connectivity index (χ2n) is 6.65. The van der Waals surface area contributed by atoms with Gasteiger partial charge in [0.05, 0.1) is 5.02 Å². The fourth-order valence-electron chi connectivity index (χ4n) is 3.25. The van der Waals surface area contributed by atoms with Gasteiger partial charge in [-0.2, -0.15) is 0 Å². The zero-order valence-electron chi connectivity index (χ0n) is 14.8. The van der Waals surface area contributed by atoms with Crippen LogP contribution in [0.5, 0.6) is 0 Å². The molecule has 1 saturated carbocycles. The van der Waals surface area contributed by atoms with E-state index in [9.17, 15) is 14.7 Å². The third kappa shape index (κ3) is 5.40. The normalized spacial score (nSPS) is 15.1. The molecule has 0 spiro atoms. The predicted molar refractivity (Wildman–Crippen MR) is 108 cm³/mol. The lowest BCUT2D eigenvalue weighted by molar-refractivity contribution is -0.134. The molecular formula is C20H21ClN2O3S. The molecule has 0 radical (unpaired) electrons. The molecular weight excluding hydrogens is 384 g/mol. The van der Waals surface area contributed by atoms with Crippen molar-refractivity contribution in [2.45, 2.75) is 38.5 Å². The van der Waals surface area contributed by atoms with E-state index in [0.717, 1.165) is 12.0 Å². The molecule has 1 aliphatic rings. The number of carbonyl (C=O) groups is 2. The topological polar surface area (TPSA) is 79.3 Å². The number of halogens is 1. The van der Waals surface area contributed by atoms with E-state index >= 15 is 0 Å². The van der Waals surface area contributed by atoms with Crippen LogP contribution in [0.2, 0.25) is 5.02 Å². The lowest BCUT2D eigenvalue weighted by Gasteiger charge is -2.09. The molecule has 3 rings (SSSR count). The van der Waals surface area contributed by atoms with Crippen molar-refractivity contribution < 1.29 is 14.7 Å². The molecule has 2 aromatic rings. The largest absolute Gasteiger partial charge is 0.477 e. The zero-order valence-corrected chi connectivity index (χ0v) is 16.4. The van der Waals surface area contributed by atoms with Crippen LogP contribution in [-0.4, -0.2) is 22.0 Å². The summed E-state index contributed by atoms with van der Waals surface area (Å²) >= 11 is 7.50. The number of carbonyl (C=O) groups excluding carboxylic acids is 1. The van der Waals surface area contributed by atoms with Crippen molar-refractivity contribution in [3.05, 3.63) is 46.1 Å². The molecule has 1 heterocycles. The SMILES string of the molecule is O=C(CCC1CCCC1)NC(=Cc1cnc(-c2ccccc2Cl)s1)C(=O)O. The number of nitrogens with zero attached hydrogens (tertiary/aromatic N) is 1. The van der Waals surface area contributed by atoms with Gasteiger partial charge in [0.1, 0.15) is 10.7 Å². The first kappa shape index (κ1) is 19.6. The first-order valence-corrected chi connectivity index (χ1v) is 10.2. The number of carboxylic acids is 1. The Balaban J connectivity index is 1.67. The van der Waals surface area contributed by atoms with Gasteiger partial charge < -0.3 is 10.4 Å². The molecule has 0 atom stereocenters. The molecule has 1 aromatic heterocycles. The lowest BCUT2D eigenvalue weighted by atomic mass is 10.0. The van der Waals surface area contributed by atoms with Crippen LogP contribution in [0.15, 0.2) is 36.2 Å². The summed E-state index contributed by atoms with van der Waals surface area (Å²) in [5, 5.41) is 13.2. The van der Waals surface area contributed by atoms with Crippen LogP contribution in [0.1, 0.15) is 43.4 Å². The van der Waals surface area contributed by atoms with Crippen LogP contribution in [0.25, 0.3) is 16.6 Å². The zero-order chi connectivity index (χ0) is 19.2. The van der Waals surface area contributed by atoms with Gasteiger partial charge in [-0.3, -0.25) is 4.79 Å². The molecule has 0 saturated heterocycles. The molecule has 142 valence electrons. The fraction of sp³-hybridized carbons (Fsp3) is 0.350. The van der Waals surface area contributed by atoms with E-state index < -0.39 is 5.97 Å². The van der Waals surface area contributed by atoms with Crippen LogP contribution < -0.4 is 5.32 Å². The van der Waals surface area contributed by atoms with E-state index in [-0.39, 0.29) is 11.6 Å². The lowest BCUT2D eigenvalue weighted by Crippen LogP contribution is -2.27. The molecule has 0 bridgehead atoms. The van der Waals surface area contributed by atoms with Crippen LogP contribution in [0.3, 0.4) is 0 Å². The Hall–Kier alpha value is -2.18. The third-order valence-electron chi connectivity index (χ3n) is 4.67. The number of hydrogen-bond donors (Lipinski definition) is 2. The Morgan fingerprint density at radius 2 is 2.04 bits per heavy atom. The van der Waals surface area contributed by atoms with Gasteiger partial charge in [-0.15, -0.1) is 11.3 Å². The average molecular weight is 405 g/mol. The van der Waals surface area contributed by atoms with E-state index in [2.05, 4.69) is 10.3 Å². The van der Waals surface area contributed by atoms with Crippen LogP contribution in [0, 0.1) is 5.92 Å². The molecule has 2 N–H and O–H groups in total. The summed E-state index contributed by atoms with van der Waals surface area (Å²) in [7, 11) is 0. The van der Waals surface area contributed by atoms with Crippen molar-refractivity contribution in [1.29, 1.82) is 0 Å². The highest BCUT2D eigenvalue weighted by Gasteiger charge is 2.18. The van der Waals surface area contributed by atoms with Gasteiger partial charge in [-0.1, -0.05) is 55.5 Å². The van der Waals surface area contributed by atoms with Crippen molar-refractivity contribution in [2.75, 3.05) is 0 Å². The number of thiazole rings is 1. The van der Waals surface area contributed by atoms with Gasteiger partial charge in [-0.25, -0.2) is 9.78 Å². The number of amides is 1. The predicted octanol–water partition coefficient (Wildman–Crippen LogP) is 4.98. The highest BCUT2D eigenvalue weighted by atomic mass is 35.5. The number of aromatic nitrogens is 1. The van der Waals surface area contributed by atoms with E-state index in [0.29, 0.717) is 27.2 Å². The number of nitrogens with one attached hydrogen (secondary N) is 1. The number of benzene rings is 1. The van der Waals surface area contributed by atoms with E-state index in [4.69, 9.17) is 11.6 Å². The quantitative estimate of drug-likeness (QED) is 0.638. The van der Waals surface area contributed by atoms with Gasteiger partial charge in [0.15, 0.2) is 0 Å². The maximum atomic E-state index is 12.1. The van der Waals surface area contributed by atoms with E-state index in [1.807, 2.05) is 18.2 Å². The number of carboxylic acid groups (broad SMARTS) is 1.